The number of fused-ring (bicyclic) bond motifs is 5. The van der Waals surface area contributed by atoms with Gasteiger partial charge in [-0.2, -0.15) is 0 Å². The molecular weight excluding hydrogens is 282 g/mol. The van der Waals surface area contributed by atoms with Crippen molar-refractivity contribution < 1.29 is 5.11 Å². The topological polar surface area (TPSA) is 46.2 Å². The van der Waals surface area contributed by atoms with Gasteiger partial charge in [0.15, 0.2) is 0 Å². The lowest BCUT2D eigenvalue weighted by Crippen LogP contribution is -2.54. The van der Waals surface area contributed by atoms with Crippen LogP contribution in [0.15, 0.2) is 11.6 Å². The summed E-state index contributed by atoms with van der Waals surface area (Å²) in [5, 5.41) is 10.1. The van der Waals surface area contributed by atoms with Gasteiger partial charge in [0.1, 0.15) is 0 Å². The average Bonchev–Trinajstić information content (AvgIpc) is 2.93. The first kappa shape index (κ1) is 16.1. The number of aliphatic hydroxyl groups excluding tert-OH is 1. The Morgan fingerprint density at radius 1 is 1.13 bits per heavy atom. The van der Waals surface area contributed by atoms with Crippen LogP contribution in [-0.2, 0) is 0 Å². The molecule has 0 radical (unpaired) electrons. The number of hydrogen-bond acceptors (Lipinski definition) is 2. The van der Waals surface area contributed by atoms with Crippen molar-refractivity contribution in [2.24, 2.45) is 40.2 Å². The second-order valence-corrected chi connectivity index (χ2v) is 9.72. The monoisotopic (exact) mass is 317 g/mol. The zero-order valence-corrected chi connectivity index (χ0v) is 15.2. The average molecular weight is 318 g/mol. The highest BCUT2D eigenvalue weighted by molar-refractivity contribution is 5.26. The Balaban J connectivity index is 1.67. The van der Waals surface area contributed by atoms with Crippen LogP contribution in [0.4, 0.5) is 0 Å². The Hall–Kier alpha value is -0.340. The van der Waals surface area contributed by atoms with E-state index < -0.39 is 0 Å². The van der Waals surface area contributed by atoms with Crippen molar-refractivity contribution in [3.63, 3.8) is 0 Å². The predicted molar refractivity (Wildman–Crippen MR) is 94.8 cm³/mol. The summed E-state index contributed by atoms with van der Waals surface area (Å²) in [5.74, 6) is 3.34. The summed E-state index contributed by atoms with van der Waals surface area (Å²) in [6.45, 7) is 7.36. The molecule has 8 unspecified atom stereocenters. The predicted octanol–water partition coefficient (Wildman–Crippen LogP) is 4.27. The number of nitrogens with two attached hydrogens (primary N) is 1. The van der Waals surface area contributed by atoms with Crippen LogP contribution in [0, 0.1) is 34.5 Å². The third-order valence-electron chi connectivity index (χ3n) is 8.77. The molecule has 0 aromatic heterocycles. The molecule has 0 heterocycles. The highest BCUT2D eigenvalue weighted by Gasteiger charge is 2.60. The summed E-state index contributed by atoms with van der Waals surface area (Å²) in [6, 6.07) is 0.365. The fourth-order valence-corrected chi connectivity index (χ4v) is 7.62. The molecule has 0 bridgehead atoms. The van der Waals surface area contributed by atoms with Gasteiger partial charge < -0.3 is 10.8 Å². The van der Waals surface area contributed by atoms with Crippen molar-refractivity contribution in [2.45, 2.75) is 84.3 Å². The fraction of sp³-hybridized carbons (Fsp3) is 0.905. The van der Waals surface area contributed by atoms with Gasteiger partial charge in [-0.15, -0.1) is 0 Å². The lowest BCUT2D eigenvalue weighted by atomic mass is 9.43. The maximum Gasteiger partial charge on any atom is 0.0724 e. The summed E-state index contributed by atoms with van der Waals surface area (Å²) >= 11 is 0. The Bertz CT molecular complexity index is 512. The van der Waals surface area contributed by atoms with Gasteiger partial charge in [0.2, 0.25) is 0 Å². The quantitative estimate of drug-likeness (QED) is 0.709. The van der Waals surface area contributed by atoms with Gasteiger partial charge in [-0.3, -0.25) is 0 Å². The van der Waals surface area contributed by atoms with Gasteiger partial charge >= 0.3 is 0 Å². The molecular formula is C21H35NO. The van der Waals surface area contributed by atoms with Crippen molar-refractivity contribution in [2.75, 3.05) is 0 Å². The minimum atomic E-state index is -0.187. The molecule has 130 valence electrons. The maximum atomic E-state index is 10.1. The van der Waals surface area contributed by atoms with Crippen LogP contribution >= 0.6 is 0 Å². The molecule has 0 aromatic rings. The third kappa shape index (κ3) is 2.20. The van der Waals surface area contributed by atoms with E-state index in [9.17, 15) is 5.11 Å². The maximum absolute atomic E-state index is 10.1. The van der Waals surface area contributed by atoms with Crippen molar-refractivity contribution in [3.8, 4) is 0 Å². The van der Waals surface area contributed by atoms with Gasteiger partial charge in [0.25, 0.3) is 0 Å². The van der Waals surface area contributed by atoms with Crippen LogP contribution in [0.1, 0.15) is 72.1 Å². The van der Waals surface area contributed by atoms with E-state index in [0.29, 0.717) is 16.9 Å². The molecule has 0 aromatic carbocycles. The lowest BCUT2D eigenvalue weighted by molar-refractivity contribution is -0.0850. The number of allylic oxidation sites excluding steroid dienone is 1. The van der Waals surface area contributed by atoms with E-state index >= 15 is 0 Å². The van der Waals surface area contributed by atoms with Crippen LogP contribution in [-0.4, -0.2) is 17.3 Å². The molecule has 3 saturated carbocycles. The zero-order valence-electron chi connectivity index (χ0n) is 15.2. The van der Waals surface area contributed by atoms with E-state index in [-0.39, 0.29) is 6.10 Å². The minimum absolute atomic E-state index is 0.187. The van der Waals surface area contributed by atoms with Crippen molar-refractivity contribution >= 4 is 0 Å². The molecule has 3 fully saturated rings. The highest BCUT2D eigenvalue weighted by Crippen LogP contribution is 2.68. The first-order valence-electron chi connectivity index (χ1n) is 10.0. The van der Waals surface area contributed by atoms with Gasteiger partial charge in [-0.1, -0.05) is 25.5 Å². The van der Waals surface area contributed by atoms with Crippen LogP contribution in [0.2, 0.25) is 0 Å². The number of hydrogen-bond donors (Lipinski definition) is 2. The molecule has 0 aliphatic heterocycles. The van der Waals surface area contributed by atoms with E-state index in [4.69, 9.17) is 5.73 Å². The summed E-state index contributed by atoms with van der Waals surface area (Å²) in [6.07, 6.45) is 12.3. The smallest absolute Gasteiger partial charge is 0.0724 e. The Kier molecular flexibility index (Phi) is 3.74. The normalized spacial score (nSPS) is 53.8. The van der Waals surface area contributed by atoms with E-state index in [1.54, 1.807) is 5.57 Å². The summed E-state index contributed by atoms with van der Waals surface area (Å²) < 4.78 is 0. The fourth-order valence-electron chi connectivity index (χ4n) is 7.62. The molecule has 4 rings (SSSR count). The zero-order chi connectivity index (χ0) is 16.4. The second-order valence-electron chi connectivity index (χ2n) is 9.72. The first-order valence-corrected chi connectivity index (χ1v) is 10.0. The Labute approximate surface area is 141 Å². The molecule has 23 heavy (non-hydrogen) atoms. The molecule has 4 aliphatic carbocycles. The Morgan fingerprint density at radius 2 is 1.91 bits per heavy atom. The van der Waals surface area contributed by atoms with E-state index in [1.165, 1.54) is 44.9 Å². The molecule has 3 N–H and O–H groups in total. The standard InChI is InChI=1S/C21H35NO/c1-13(22)16-4-6-18-17(16)5-7-19-20(2)11-9-15(23)12-14(20)8-10-21(18,19)3/h12-13,15-19,23H,4-11,22H2,1-3H3. The molecule has 0 saturated heterocycles. The summed E-state index contributed by atoms with van der Waals surface area (Å²) in [7, 11) is 0. The van der Waals surface area contributed by atoms with Gasteiger partial charge in [-0.25, -0.2) is 0 Å². The number of rotatable bonds is 1. The molecule has 2 nitrogen and oxygen atoms in total. The molecule has 0 spiro atoms. The van der Waals surface area contributed by atoms with E-state index in [0.717, 1.165) is 30.1 Å². The molecule has 0 amide bonds. The largest absolute Gasteiger partial charge is 0.389 e. The van der Waals surface area contributed by atoms with Crippen molar-refractivity contribution in [3.05, 3.63) is 11.6 Å². The SMILES string of the molecule is CC(N)C1CCC2C1CCC1C3(C)CCC(O)C=C3CCC21C. The molecule has 2 heteroatoms. The second kappa shape index (κ2) is 5.33. The van der Waals surface area contributed by atoms with Crippen LogP contribution in [0.5, 0.6) is 0 Å². The first-order chi connectivity index (χ1) is 10.9. The Morgan fingerprint density at radius 3 is 2.65 bits per heavy atom. The molecule has 8 atom stereocenters. The van der Waals surface area contributed by atoms with Crippen LogP contribution in [0.25, 0.3) is 0 Å². The summed E-state index contributed by atoms with van der Waals surface area (Å²) in [5.41, 5.74) is 8.76. The van der Waals surface area contributed by atoms with Gasteiger partial charge in [0.05, 0.1) is 6.10 Å². The van der Waals surface area contributed by atoms with Gasteiger partial charge in [-0.05, 0) is 92.8 Å². The van der Waals surface area contributed by atoms with Crippen LogP contribution < -0.4 is 5.73 Å². The van der Waals surface area contributed by atoms with E-state index in [1.807, 2.05) is 0 Å². The van der Waals surface area contributed by atoms with Crippen molar-refractivity contribution in [1.29, 1.82) is 0 Å². The van der Waals surface area contributed by atoms with Crippen molar-refractivity contribution in [1.82, 2.24) is 0 Å². The third-order valence-corrected chi connectivity index (χ3v) is 8.77. The minimum Gasteiger partial charge on any atom is -0.389 e. The van der Waals surface area contributed by atoms with E-state index in [2.05, 4.69) is 26.8 Å². The number of aliphatic hydroxyl groups is 1. The lowest BCUT2D eigenvalue weighted by Gasteiger charge is -2.61. The highest BCUT2D eigenvalue weighted by atomic mass is 16.3. The molecule has 4 aliphatic rings. The van der Waals surface area contributed by atoms with Crippen LogP contribution in [0.3, 0.4) is 0 Å². The summed E-state index contributed by atoms with van der Waals surface area (Å²) in [4.78, 5) is 0. The van der Waals surface area contributed by atoms with Gasteiger partial charge in [0, 0.05) is 6.04 Å².